The zero-order valence-electron chi connectivity index (χ0n) is 18.0. The van der Waals surface area contributed by atoms with Gasteiger partial charge in [-0.1, -0.05) is 66.7 Å². The summed E-state index contributed by atoms with van der Waals surface area (Å²) in [6, 6.07) is 24.9. The molecule has 33 heavy (non-hydrogen) atoms. The molecule has 3 aromatic carbocycles. The largest absolute Gasteiger partial charge is 0.508 e. The van der Waals surface area contributed by atoms with Crippen LogP contribution in [0.15, 0.2) is 78.9 Å². The minimum atomic E-state index is -0.133. The van der Waals surface area contributed by atoms with Gasteiger partial charge in [0.2, 0.25) is 5.91 Å². The molecule has 1 heterocycles. The topological polar surface area (TPSA) is 75.1 Å². The summed E-state index contributed by atoms with van der Waals surface area (Å²) in [5.41, 5.74) is 6.23. The third-order valence-electron chi connectivity index (χ3n) is 5.67. The van der Waals surface area contributed by atoms with Gasteiger partial charge < -0.3 is 10.4 Å². The van der Waals surface area contributed by atoms with E-state index in [2.05, 4.69) is 5.32 Å². The van der Waals surface area contributed by atoms with Crippen molar-refractivity contribution >= 4 is 23.9 Å². The Bertz CT molecular complexity index is 1330. The molecule has 0 bridgehead atoms. The summed E-state index contributed by atoms with van der Waals surface area (Å²) < 4.78 is 0. The maximum absolute atomic E-state index is 12.8. The molecule has 0 saturated carbocycles. The zero-order chi connectivity index (χ0) is 22.6. The van der Waals surface area contributed by atoms with E-state index in [1.807, 2.05) is 78.9 Å². The van der Waals surface area contributed by atoms with E-state index in [1.54, 1.807) is 12.1 Å². The summed E-state index contributed by atoms with van der Waals surface area (Å²) in [4.78, 5) is 22.5. The number of carbonyl (C=O) groups is 1. The van der Waals surface area contributed by atoms with Gasteiger partial charge in [-0.15, -0.1) is 0 Å². The van der Waals surface area contributed by atoms with Gasteiger partial charge in [0.15, 0.2) is 5.82 Å². The number of anilines is 1. The molecule has 0 spiro atoms. The lowest BCUT2D eigenvalue weighted by Gasteiger charge is -2.20. The number of aryl methyl sites for hydroxylation is 2. The molecule has 0 saturated heterocycles. The molecular weight excluding hydrogens is 410 g/mol. The van der Waals surface area contributed by atoms with Crippen LogP contribution in [0.4, 0.5) is 5.82 Å². The van der Waals surface area contributed by atoms with E-state index in [-0.39, 0.29) is 18.1 Å². The van der Waals surface area contributed by atoms with Crippen LogP contribution in [0.3, 0.4) is 0 Å². The second kappa shape index (κ2) is 9.09. The summed E-state index contributed by atoms with van der Waals surface area (Å²) in [6.07, 6.45) is 5.58. The molecule has 0 radical (unpaired) electrons. The van der Waals surface area contributed by atoms with Crippen molar-refractivity contribution < 1.29 is 9.90 Å². The molecule has 1 aliphatic rings. The van der Waals surface area contributed by atoms with E-state index < -0.39 is 0 Å². The number of benzene rings is 3. The lowest BCUT2D eigenvalue weighted by atomic mass is 9.91. The van der Waals surface area contributed by atoms with Gasteiger partial charge >= 0.3 is 0 Å². The van der Waals surface area contributed by atoms with Crippen LogP contribution in [0.25, 0.3) is 23.4 Å². The van der Waals surface area contributed by atoms with Crippen molar-refractivity contribution in [2.75, 3.05) is 5.32 Å². The first-order valence-electron chi connectivity index (χ1n) is 11.0. The second-order valence-electron chi connectivity index (χ2n) is 8.05. The van der Waals surface area contributed by atoms with Gasteiger partial charge in [-0.2, -0.15) is 0 Å². The van der Waals surface area contributed by atoms with Crippen LogP contribution in [0, 0.1) is 0 Å². The summed E-state index contributed by atoms with van der Waals surface area (Å²) in [5, 5.41) is 12.8. The molecule has 5 rings (SSSR count). The van der Waals surface area contributed by atoms with Gasteiger partial charge in [0, 0.05) is 5.56 Å². The van der Waals surface area contributed by atoms with Crippen molar-refractivity contribution in [1.82, 2.24) is 9.97 Å². The third-order valence-corrected chi connectivity index (χ3v) is 5.67. The highest BCUT2D eigenvalue weighted by atomic mass is 16.3. The van der Waals surface area contributed by atoms with E-state index >= 15 is 0 Å². The zero-order valence-corrected chi connectivity index (χ0v) is 18.0. The molecule has 4 aromatic rings. The molecule has 5 nitrogen and oxygen atoms in total. The Hall–Kier alpha value is -4.25. The lowest BCUT2D eigenvalue weighted by molar-refractivity contribution is -0.115. The highest BCUT2D eigenvalue weighted by Gasteiger charge is 2.22. The fourth-order valence-corrected chi connectivity index (χ4v) is 4.05. The fourth-order valence-electron chi connectivity index (χ4n) is 4.05. The highest BCUT2D eigenvalue weighted by Crippen LogP contribution is 2.34. The number of nitrogens with zero attached hydrogens (tertiary/aromatic N) is 2. The molecule has 0 atom stereocenters. The number of hydrogen-bond donors (Lipinski definition) is 2. The number of carbonyl (C=O) groups excluding carboxylic acids is 1. The molecule has 1 aromatic heterocycles. The Labute approximate surface area is 192 Å². The summed E-state index contributed by atoms with van der Waals surface area (Å²) >= 11 is 0. The van der Waals surface area contributed by atoms with Crippen LogP contribution in [-0.4, -0.2) is 21.0 Å². The molecule has 0 unspecified atom stereocenters. The van der Waals surface area contributed by atoms with Gasteiger partial charge in [0.05, 0.1) is 17.8 Å². The van der Waals surface area contributed by atoms with Crippen LogP contribution >= 0.6 is 0 Å². The van der Waals surface area contributed by atoms with Crippen LogP contribution in [-0.2, 0) is 24.1 Å². The van der Waals surface area contributed by atoms with Crippen molar-refractivity contribution in [3.63, 3.8) is 0 Å². The molecule has 5 heteroatoms. The predicted octanol–water partition coefficient (Wildman–Crippen LogP) is 5.30. The van der Waals surface area contributed by atoms with Crippen LogP contribution < -0.4 is 5.32 Å². The molecule has 1 aliphatic carbocycles. The Kier molecular flexibility index (Phi) is 5.68. The average Bonchev–Trinajstić information content (AvgIpc) is 2.83. The first-order chi connectivity index (χ1) is 16.2. The summed E-state index contributed by atoms with van der Waals surface area (Å²) in [6.45, 7) is 0. The maximum Gasteiger partial charge on any atom is 0.230 e. The first kappa shape index (κ1) is 20.6. The average molecular weight is 434 g/mol. The van der Waals surface area contributed by atoms with Crippen LogP contribution in [0.5, 0.6) is 5.75 Å². The van der Waals surface area contributed by atoms with Crippen molar-refractivity contribution in [2.24, 2.45) is 0 Å². The van der Waals surface area contributed by atoms with E-state index in [1.165, 1.54) is 0 Å². The number of aromatic hydroxyl groups is 1. The molecular formula is C28H23N3O2. The minimum Gasteiger partial charge on any atom is -0.508 e. The monoisotopic (exact) mass is 433 g/mol. The van der Waals surface area contributed by atoms with E-state index in [0.717, 1.165) is 40.1 Å². The summed E-state index contributed by atoms with van der Waals surface area (Å²) in [5.74, 6) is 0.578. The summed E-state index contributed by atoms with van der Waals surface area (Å²) in [7, 11) is 0. The number of amides is 1. The number of fused-ring (bicyclic) bond motifs is 3. The first-order valence-corrected chi connectivity index (χ1v) is 11.0. The number of rotatable bonds is 5. The lowest BCUT2D eigenvalue weighted by Crippen LogP contribution is -2.19. The molecule has 1 amide bonds. The number of aromatic nitrogens is 2. The van der Waals surface area contributed by atoms with Crippen LogP contribution in [0.2, 0.25) is 0 Å². The van der Waals surface area contributed by atoms with Gasteiger partial charge in [-0.05, 0) is 53.8 Å². The standard InChI is InChI=1S/C28H23N3O2/c32-22-13-14-23-21(18-22)12-16-24-27(23)29-25(15-11-19-7-3-1-4-8-19)28(30-24)31-26(33)17-20-9-5-2-6-10-20/h1-11,13-15,18,32H,12,16-17H2,(H,30,31,33)/b15-11+. The van der Waals surface area contributed by atoms with Crippen LogP contribution in [0.1, 0.15) is 28.1 Å². The number of nitrogens with one attached hydrogen (secondary N) is 1. The van der Waals surface area contributed by atoms with Crippen molar-refractivity contribution in [3.8, 4) is 17.0 Å². The second-order valence-corrected chi connectivity index (χ2v) is 8.05. The number of phenolic OH excluding ortho intramolecular Hbond substituents is 1. The van der Waals surface area contributed by atoms with Crippen molar-refractivity contribution in [2.45, 2.75) is 19.3 Å². The fraction of sp³-hybridized carbons (Fsp3) is 0.107. The maximum atomic E-state index is 12.8. The quantitative estimate of drug-likeness (QED) is 0.448. The van der Waals surface area contributed by atoms with E-state index in [9.17, 15) is 9.90 Å². The third kappa shape index (κ3) is 4.67. The Morgan fingerprint density at radius 3 is 2.45 bits per heavy atom. The smallest absolute Gasteiger partial charge is 0.230 e. The highest BCUT2D eigenvalue weighted by molar-refractivity contribution is 5.93. The van der Waals surface area contributed by atoms with Gasteiger partial charge in [0.25, 0.3) is 0 Å². The van der Waals surface area contributed by atoms with E-state index in [0.29, 0.717) is 17.9 Å². The predicted molar refractivity (Wildman–Crippen MR) is 131 cm³/mol. The van der Waals surface area contributed by atoms with Gasteiger partial charge in [0.1, 0.15) is 11.4 Å². The van der Waals surface area contributed by atoms with Crippen molar-refractivity contribution in [3.05, 3.63) is 107 Å². The SMILES string of the molecule is O=C(Cc1ccccc1)Nc1nc2c(nc1/C=C/c1ccccc1)-c1ccc(O)cc1CC2. The Balaban J connectivity index is 1.52. The van der Waals surface area contributed by atoms with Crippen molar-refractivity contribution in [1.29, 1.82) is 0 Å². The molecule has 0 aliphatic heterocycles. The van der Waals surface area contributed by atoms with Gasteiger partial charge in [-0.25, -0.2) is 9.97 Å². The number of phenols is 1. The normalized spacial score (nSPS) is 12.2. The minimum absolute atomic E-state index is 0.133. The molecule has 2 N–H and O–H groups in total. The molecule has 162 valence electrons. The molecule has 0 fully saturated rings. The van der Waals surface area contributed by atoms with E-state index in [4.69, 9.17) is 9.97 Å². The Morgan fingerprint density at radius 1 is 0.909 bits per heavy atom. The Morgan fingerprint density at radius 2 is 1.67 bits per heavy atom. The number of hydrogen-bond acceptors (Lipinski definition) is 4. The van der Waals surface area contributed by atoms with Gasteiger partial charge in [-0.3, -0.25) is 4.79 Å².